The third-order valence-electron chi connectivity index (χ3n) is 3.28. The van der Waals surface area contributed by atoms with Gasteiger partial charge in [0.1, 0.15) is 11.3 Å². The summed E-state index contributed by atoms with van der Waals surface area (Å²) in [5.41, 5.74) is 3.80. The van der Waals surface area contributed by atoms with Gasteiger partial charge in [-0.2, -0.15) is 11.8 Å². The van der Waals surface area contributed by atoms with E-state index in [1.165, 1.54) is 18.2 Å². The molecule has 21 heavy (non-hydrogen) atoms. The van der Waals surface area contributed by atoms with Gasteiger partial charge in [-0.25, -0.2) is 4.79 Å². The Bertz CT molecular complexity index is 638. The molecule has 0 aliphatic rings. The van der Waals surface area contributed by atoms with E-state index in [2.05, 4.69) is 19.1 Å². The van der Waals surface area contributed by atoms with Crippen LogP contribution in [0.25, 0.3) is 0 Å². The molecule has 0 bridgehead atoms. The van der Waals surface area contributed by atoms with Crippen molar-refractivity contribution >= 4 is 17.7 Å². The van der Waals surface area contributed by atoms with Crippen LogP contribution < -0.4 is 4.74 Å². The van der Waals surface area contributed by atoms with Crippen LogP contribution in [0.3, 0.4) is 0 Å². The molecular weight excluding hydrogens is 284 g/mol. The monoisotopic (exact) mass is 302 g/mol. The van der Waals surface area contributed by atoms with Crippen molar-refractivity contribution in [2.75, 3.05) is 7.11 Å². The van der Waals surface area contributed by atoms with Crippen molar-refractivity contribution in [3.05, 3.63) is 64.7 Å². The molecule has 110 valence electrons. The highest BCUT2D eigenvalue weighted by Gasteiger charge is 2.11. The third kappa shape index (κ3) is 4.02. The Labute approximate surface area is 129 Å². The number of rotatable bonds is 6. The highest BCUT2D eigenvalue weighted by Crippen LogP contribution is 2.24. The Kier molecular flexibility index (Phi) is 5.28. The number of ether oxygens (including phenoxy) is 1. The molecule has 0 heterocycles. The van der Waals surface area contributed by atoms with E-state index >= 15 is 0 Å². The Morgan fingerprint density at radius 1 is 1.19 bits per heavy atom. The molecule has 2 aromatic carbocycles. The molecule has 0 amide bonds. The summed E-state index contributed by atoms with van der Waals surface area (Å²) in [4.78, 5) is 11.2. The van der Waals surface area contributed by atoms with Gasteiger partial charge in [0.15, 0.2) is 0 Å². The first-order valence-electron chi connectivity index (χ1n) is 6.64. The van der Waals surface area contributed by atoms with E-state index in [0.717, 1.165) is 17.1 Å². The Morgan fingerprint density at radius 3 is 2.62 bits per heavy atom. The molecule has 0 aromatic heterocycles. The van der Waals surface area contributed by atoms with E-state index in [4.69, 9.17) is 4.74 Å². The van der Waals surface area contributed by atoms with Crippen LogP contribution in [0.2, 0.25) is 0 Å². The van der Waals surface area contributed by atoms with Crippen molar-refractivity contribution < 1.29 is 14.6 Å². The molecule has 0 atom stereocenters. The molecule has 2 aromatic rings. The second kappa shape index (κ2) is 7.18. The van der Waals surface area contributed by atoms with E-state index in [1.54, 1.807) is 23.9 Å². The van der Waals surface area contributed by atoms with E-state index in [0.29, 0.717) is 5.75 Å². The molecular formula is C17H18O3S. The van der Waals surface area contributed by atoms with Crippen molar-refractivity contribution in [3.63, 3.8) is 0 Å². The maximum Gasteiger partial charge on any atom is 0.339 e. The normalized spacial score (nSPS) is 10.4. The fraction of sp³-hybridized carbons (Fsp3) is 0.235. The molecule has 3 nitrogen and oxygen atoms in total. The van der Waals surface area contributed by atoms with Crippen LogP contribution in [0.1, 0.15) is 27.0 Å². The van der Waals surface area contributed by atoms with Gasteiger partial charge in [0.2, 0.25) is 0 Å². The minimum Gasteiger partial charge on any atom is -0.496 e. The van der Waals surface area contributed by atoms with Gasteiger partial charge in [-0.15, -0.1) is 0 Å². The lowest BCUT2D eigenvalue weighted by Crippen LogP contribution is -2.01. The summed E-state index contributed by atoms with van der Waals surface area (Å²) < 4.78 is 5.06. The molecule has 0 aliphatic carbocycles. The topological polar surface area (TPSA) is 46.5 Å². The lowest BCUT2D eigenvalue weighted by atomic mass is 10.1. The van der Waals surface area contributed by atoms with Crippen LogP contribution in [0.4, 0.5) is 0 Å². The average molecular weight is 302 g/mol. The first-order valence-corrected chi connectivity index (χ1v) is 7.79. The smallest absolute Gasteiger partial charge is 0.339 e. The molecule has 0 unspecified atom stereocenters. The van der Waals surface area contributed by atoms with Gasteiger partial charge in [-0.1, -0.05) is 30.3 Å². The van der Waals surface area contributed by atoms with E-state index < -0.39 is 5.97 Å². The number of aromatic carboxylic acids is 1. The predicted molar refractivity (Wildman–Crippen MR) is 86.1 cm³/mol. The van der Waals surface area contributed by atoms with Crippen molar-refractivity contribution in [2.24, 2.45) is 0 Å². The zero-order valence-electron chi connectivity index (χ0n) is 12.1. The summed E-state index contributed by atoms with van der Waals surface area (Å²) in [6.45, 7) is 2.10. The minimum absolute atomic E-state index is 0.214. The van der Waals surface area contributed by atoms with Crippen LogP contribution >= 0.6 is 11.8 Å². The second-order valence-electron chi connectivity index (χ2n) is 4.76. The standard InChI is InChI=1S/C17H18O3S/c1-12-5-3-4-6-14(12)11-21-10-13-7-8-16(20-2)15(9-13)17(18)19/h3-9H,10-11H2,1-2H3,(H,18,19). The molecule has 0 saturated carbocycles. The number of hydrogen-bond acceptors (Lipinski definition) is 3. The number of aryl methyl sites for hydroxylation is 1. The fourth-order valence-electron chi connectivity index (χ4n) is 2.06. The second-order valence-corrected chi connectivity index (χ2v) is 5.74. The van der Waals surface area contributed by atoms with Crippen molar-refractivity contribution in [1.29, 1.82) is 0 Å². The number of benzene rings is 2. The summed E-state index contributed by atoms with van der Waals surface area (Å²) in [5.74, 6) is 1.13. The minimum atomic E-state index is -0.961. The molecule has 1 N–H and O–H groups in total. The van der Waals surface area contributed by atoms with Crippen LogP contribution in [-0.4, -0.2) is 18.2 Å². The van der Waals surface area contributed by atoms with Gasteiger partial charge >= 0.3 is 5.97 Å². The van der Waals surface area contributed by atoms with Crippen LogP contribution in [0.15, 0.2) is 42.5 Å². The summed E-state index contributed by atoms with van der Waals surface area (Å²) >= 11 is 1.77. The van der Waals surface area contributed by atoms with E-state index in [-0.39, 0.29) is 5.56 Å². The van der Waals surface area contributed by atoms with Gasteiger partial charge in [-0.3, -0.25) is 0 Å². The highest BCUT2D eigenvalue weighted by atomic mass is 32.2. The highest BCUT2D eigenvalue weighted by molar-refractivity contribution is 7.97. The lowest BCUT2D eigenvalue weighted by Gasteiger charge is -2.08. The fourth-order valence-corrected chi connectivity index (χ4v) is 3.12. The molecule has 0 saturated heterocycles. The van der Waals surface area contributed by atoms with E-state index in [9.17, 15) is 9.90 Å². The van der Waals surface area contributed by atoms with Crippen LogP contribution in [0, 0.1) is 6.92 Å². The summed E-state index contributed by atoms with van der Waals surface area (Å²) in [7, 11) is 1.48. The molecule has 0 radical (unpaired) electrons. The SMILES string of the molecule is COc1ccc(CSCc2ccccc2C)cc1C(=O)O. The molecule has 0 aliphatic heterocycles. The number of carboxylic acids is 1. The first kappa shape index (κ1) is 15.4. The van der Waals surface area contributed by atoms with Crippen LogP contribution in [-0.2, 0) is 11.5 Å². The molecule has 4 heteroatoms. The van der Waals surface area contributed by atoms with Gasteiger partial charge in [-0.05, 0) is 35.7 Å². The summed E-state index contributed by atoms with van der Waals surface area (Å²) in [6, 6.07) is 13.6. The van der Waals surface area contributed by atoms with Gasteiger partial charge in [0, 0.05) is 11.5 Å². The van der Waals surface area contributed by atoms with Crippen molar-refractivity contribution in [1.82, 2.24) is 0 Å². The van der Waals surface area contributed by atoms with Gasteiger partial charge in [0.05, 0.1) is 7.11 Å². The zero-order chi connectivity index (χ0) is 15.2. The van der Waals surface area contributed by atoms with Gasteiger partial charge in [0.25, 0.3) is 0 Å². The molecule has 2 rings (SSSR count). The Hall–Kier alpha value is -1.94. The van der Waals surface area contributed by atoms with Crippen LogP contribution in [0.5, 0.6) is 5.75 Å². The van der Waals surface area contributed by atoms with E-state index in [1.807, 2.05) is 18.2 Å². The number of carboxylic acid groups (broad SMARTS) is 1. The average Bonchev–Trinajstić information content (AvgIpc) is 2.49. The maximum atomic E-state index is 11.2. The van der Waals surface area contributed by atoms with Gasteiger partial charge < -0.3 is 9.84 Å². The Balaban J connectivity index is 2.02. The number of hydrogen-bond donors (Lipinski definition) is 1. The first-order chi connectivity index (χ1) is 10.1. The Morgan fingerprint density at radius 2 is 1.95 bits per heavy atom. The molecule has 0 spiro atoms. The quantitative estimate of drug-likeness (QED) is 0.871. The lowest BCUT2D eigenvalue weighted by molar-refractivity contribution is 0.0693. The number of carbonyl (C=O) groups is 1. The maximum absolute atomic E-state index is 11.2. The molecule has 0 fully saturated rings. The number of thioether (sulfide) groups is 1. The predicted octanol–water partition coefficient (Wildman–Crippen LogP) is 4.14. The third-order valence-corrected chi connectivity index (χ3v) is 4.33. The zero-order valence-corrected chi connectivity index (χ0v) is 12.9. The van der Waals surface area contributed by atoms with Crippen molar-refractivity contribution in [2.45, 2.75) is 18.4 Å². The summed E-state index contributed by atoms with van der Waals surface area (Å²) in [6.07, 6.45) is 0. The largest absolute Gasteiger partial charge is 0.496 e. The summed E-state index contributed by atoms with van der Waals surface area (Å²) in [5, 5.41) is 9.17. The van der Waals surface area contributed by atoms with Crippen molar-refractivity contribution in [3.8, 4) is 5.75 Å². The number of methoxy groups -OCH3 is 1.